The van der Waals surface area contributed by atoms with Gasteiger partial charge in [-0.3, -0.25) is 14.6 Å². The molecule has 0 saturated heterocycles. The third-order valence-corrected chi connectivity index (χ3v) is 4.09. The molecule has 0 spiro atoms. The summed E-state index contributed by atoms with van der Waals surface area (Å²) >= 11 is 0. The van der Waals surface area contributed by atoms with Crippen molar-refractivity contribution in [3.05, 3.63) is 53.5 Å². The Labute approximate surface area is 166 Å². The molecule has 2 rings (SSSR count). The Morgan fingerprint density at radius 1 is 1.21 bits per heavy atom. The molecule has 9 heteroatoms. The Morgan fingerprint density at radius 2 is 1.97 bits per heavy atom. The van der Waals surface area contributed by atoms with Gasteiger partial charge in [0.25, 0.3) is 5.91 Å². The van der Waals surface area contributed by atoms with Gasteiger partial charge in [-0.05, 0) is 24.6 Å². The number of nitrogens with zero attached hydrogens (tertiary/aromatic N) is 2. The maximum Gasteiger partial charge on any atom is 0.392 e. The lowest BCUT2D eigenvalue weighted by molar-refractivity contribution is -0.139. The zero-order chi connectivity index (χ0) is 21.4. The van der Waals surface area contributed by atoms with Crippen molar-refractivity contribution < 1.29 is 27.5 Å². The zero-order valence-electron chi connectivity index (χ0n) is 16.1. The molecule has 2 aromatic rings. The van der Waals surface area contributed by atoms with E-state index in [4.69, 9.17) is 4.74 Å². The number of nitrogens with one attached hydrogen (secondary N) is 1. The van der Waals surface area contributed by atoms with Gasteiger partial charge in [-0.25, -0.2) is 4.98 Å². The molecule has 0 saturated carbocycles. The number of ether oxygens (including phenoxy) is 1. The molecule has 6 nitrogen and oxygen atoms in total. The summed E-state index contributed by atoms with van der Waals surface area (Å²) in [4.78, 5) is 32.1. The molecule has 0 radical (unpaired) electrons. The van der Waals surface area contributed by atoms with Crippen molar-refractivity contribution in [3.8, 4) is 5.88 Å². The van der Waals surface area contributed by atoms with Crippen LogP contribution in [0.3, 0.4) is 0 Å². The number of rotatable bonds is 9. The topological polar surface area (TPSA) is 81.2 Å². The minimum atomic E-state index is -4.28. The fourth-order valence-corrected chi connectivity index (χ4v) is 2.41. The summed E-state index contributed by atoms with van der Waals surface area (Å²) in [5, 5.41) is 2.81. The van der Waals surface area contributed by atoms with Crippen molar-refractivity contribution in [2.75, 3.05) is 6.61 Å². The van der Waals surface area contributed by atoms with Crippen molar-refractivity contribution in [3.63, 3.8) is 0 Å². The quantitative estimate of drug-likeness (QED) is 0.681. The van der Waals surface area contributed by atoms with E-state index in [2.05, 4.69) is 15.3 Å². The predicted octanol–water partition coefficient (Wildman–Crippen LogP) is 3.82. The summed E-state index contributed by atoms with van der Waals surface area (Å²) in [5.74, 6) is -0.224. The minimum absolute atomic E-state index is 0.0343. The molecule has 1 amide bonds. The smallest absolute Gasteiger partial charge is 0.392 e. The van der Waals surface area contributed by atoms with Gasteiger partial charge in [-0.2, -0.15) is 13.2 Å². The van der Waals surface area contributed by atoms with Gasteiger partial charge in [0.05, 0.1) is 19.1 Å². The monoisotopic (exact) mass is 409 g/mol. The van der Waals surface area contributed by atoms with Gasteiger partial charge >= 0.3 is 6.18 Å². The van der Waals surface area contributed by atoms with Crippen LogP contribution < -0.4 is 10.1 Å². The van der Waals surface area contributed by atoms with Crippen LogP contribution in [0.15, 0.2) is 36.7 Å². The van der Waals surface area contributed by atoms with Crippen LogP contribution >= 0.6 is 0 Å². The summed E-state index contributed by atoms with van der Waals surface area (Å²) in [5.41, 5.74) is 1.57. The van der Waals surface area contributed by atoms with Crippen molar-refractivity contribution in [1.29, 1.82) is 0 Å². The van der Waals surface area contributed by atoms with Crippen molar-refractivity contribution >= 4 is 11.7 Å². The maximum atomic E-state index is 12.5. The molecule has 0 fully saturated rings. The molecule has 2 aromatic heterocycles. The zero-order valence-corrected chi connectivity index (χ0v) is 16.1. The summed E-state index contributed by atoms with van der Waals surface area (Å²) in [7, 11) is 0. The molecule has 29 heavy (non-hydrogen) atoms. The van der Waals surface area contributed by atoms with Gasteiger partial charge in [0.15, 0.2) is 0 Å². The lowest BCUT2D eigenvalue weighted by atomic mass is 10.1. The standard InChI is InChI=1S/C20H22F3N3O3/c1-3-17(27)11-16-10-14(6-8-24-16)19(28)26-13(2)15-4-5-18(25-12-15)29-9-7-20(21,22)23/h4-6,8,10,12-13H,3,7,9,11H2,1-2H3,(H,26,28). The van der Waals surface area contributed by atoms with E-state index >= 15 is 0 Å². The number of alkyl halides is 3. The van der Waals surface area contributed by atoms with Gasteiger partial charge in [0.2, 0.25) is 5.88 Å². The first kappa shape index (κ1) is 22.3. The summed E-state index contributed by atoms with van der Waals surface area (Å²) in [6.45, 7) is 3.01. The number of aromatic nitrogens is 2. The van der Waals surface area contributed by atoms with E-state index in [9.17, 15) is 22.8 Å². The largest absolute Gasteiger partial charge is 0.477 e. The van der Waals surface area contributed by atoms with Crippen molar-refractivity contribution in [1.82, 2.24) is 15.3 Å². The van der Waals surface area contributed by atoms with Crippen molar-refractivity contribution in [2.45, 2.75) is 45.3 Å². The summed E-state index contributed by atoms with van der Waals surface area (Å²) < 4.78 is 41.4. The number of ketones is 1. The van der Waals surface area contributed by atoms with E-state index in [1.54, 1.807) is 32.0 Å². The average molecular weight is 409 g/mol. The highest BCUT2D eigenvalue weighted by Gasteiger charge is 2.26. The molecule has 0 aliphatic carbocycles. The number of carbonyl (C=O) groups is 2. The van der Waals surface area contributed by atoms with Crippen LogP contribution in [0.25, 0.3) is 0 Å². The van der Waals surface area contributed by atoms with Crippen LogP contribution in [-0.4, -0.2) is 34.4 Å². The molecule has 1 unspecified atom stereocenters. The SMILES string of the molecule is CCC(=O)Cc1cc(C(=O)NC(C)c2ccc(OCCC(F)(F)F)nc2)ccn1. The predicted molar refractivity (Wildman–Crippen MR) is 99.5 cm³/mol. The van der Waals surface area contributed by atoms with E-state index in [1.807, 2.05) is 0 Å². The summed E-state index contributed by atoms with van der Waals surface area (Å²) in [6.07, 6.45) is -1.85. The van der Waals surface area contributed by atoms with Gasteiger partial charge in [0.1, 0.15) is 5.78 Å². The minimum Gasteiger partial charge on any atom is -0.477 e. The number of Topliss-reactive ketones (excluding diaryl/α,β-unsaturated/α-hetero) is 1. The molecule has 1 N–H and O–H groups in total. The number of pyridine rings is 2. The Kier molecular flexibility index (Phi) is 7.69. The number of halogens is 3. The van der Waals surface area contributed by atoms with Gasteiger partial charge in [0, 0.05) is 42.6 Å². The molecule has 156 valence electrons. The second-order valence-electron chi connectivity index (χ2n) is 6.44. The summed E-state index contributed by atoms with van der Waals surface area (Å²) in [6, 6.07) is 5.81. The molecule has 0 bridgehead atoms. The Balaban J connectivity index is 1.94. The fourth-order valence-electron chi connectivity index (χ4n) is 2.41. The molecule has 1 atom stereocenters. The van der Waals surface area contributed by atoms with Gasteiger partial charge in [-0.15, -0.1) is 0 Å². The van der Waals surface area contributed by atoms with Crippen LogP contribution in [0.1, 0.15) is 54.3 Å². The van der Waals surface area contributed by atoms with E-state index in [-0.39, 0.29) is 24.0 Å². The van der Waals surface area contributed by atoms with Crippen LogP contribution in [-0.2, 0) is 11.2 Å². The number of amides is 1. The highest BCUT2D eigenvalue weighted by Crippen LogP contribution is 2.20. The van der Waals surface area contributed by atoms with Crippen LogP contribution in [0.4, 0.5) is 13.2 Å². The van der Waals surface area contributed by atoms with E-state index in [0.29, 0.717) is 23.2 Å². The second kappa shape index (κ2) is 9.99. The molecule has 0 aliphatic heterocycles. The fraction of sp³-hybridized carbons (Fsp3) is 0.400. The number of carbonyl (C=O) groups excluding carboxylic acids is 2. The van der Waals surface area contributed by atoms with Crippen LogP contribution in [0, 0.1) is 0 Å². The highest BCUT2D eigenvalue weighted by molar-refractivity contribution is 5.94. The maximum absolute atomic E-state index is 12.5. The first-order chi connectivity index (χ1) is 13.7. The molecular weight excluding hydrogens is 387 g/mol. The third-order valence-electron chi connectivity index (χ3n) is 4.09. The first-order valence-corrected chi connectivity index (χ1v) is 9.11. The van der Waals surface area contributed by atoms with Gasteiger partial charge in [-0.1, -0.05) is 13.0 Å². The number of hydrogen-bond donors (Lipinski definition) is 1. The lowest BCUT2D eigenvalue weighted by Crippen LogP contribution is -2.27. The first-order valence-electron chi connectivity index (χ1n) is 9.11. The van der Waals surface area contributed by atoms with E-state index < -0.39 is 25.2 Å². The normalized spacial score (nSPS) is 12.3. The molecule has 2 heterocycles. The van der Waals surface area contributed by atoms with Crippen LogP contribution in [0.2, 0.25) is 0 Å². The Morgan fingerprint density at radius 3 is 2.59 bits per heavy atom. The van der Waals surface area contributed by atoms with E-state index in [1.165, 1.54) is 18.5 Å². The molecule has 0 aromatic carbocycles. The van der Waals surface area contributed by atoms with Crippen LogP contribution in [0.5, 0.6) is 5.88 Å². The average Bonchev–Trinajstić information content (AvgIpc) is 2.67. The molecular formula is C20H22F3N3O3. The number of hydrogen-bond acceptors (Lipinski definition) is 5. The Hall–Kier alpha value is -2.97. The second-order valence-corrected chi connectivity index (χ2v) is 6.44. The van der Waals surface area contributed by atoms with E-state index in [0.717, 1.165) is 0 Å². The van der Waals surface area contributed by atoms with Gasteiger partial charge < -0.3 is 10.1 Å². The molecule has 0 aliphatic rings. The third kappa shape index (κ3) is 7.52. The lowest BCUT2D eigenvalue weighted by Gasteiger charge is -2.15. The highest BCUT2D eigenvalue weighted by atomic mass is 19.4. The van der Waals surface area contributed by atoms with Crippen molar-refractivity contribution in [2.24, 2.45) is 0 Å². The Bertz CT molecular complexity index is 839.